The number of amides is 1. The SMILES string of the molecule is O=C1c2[nH]nc(-c3ccc(F)cc3)c2C(c2ccc([N+](=O)[O-])cc2)N1c1ccccc1. The van der Waals surface area contributed by atoms with Crippen LogP contribution < -0.4 is 4.90 Å². The fraction of sp³-hybridized carbons (Fsp3) is 0.0435. The summed E-state index contributed by atoms with van der Waals surface area (Å²) in [6.45, 7) is 0. The predicted molar refractivity (Wildman–Crippen MR) is 112 cm³/mol. The van der Waals surface area contributed by atoms with E-state index >= 15 is 0 Å². The van der Waals surface area contributed by atoms with E-state index in [4.69, 9.17) is 0 Å². The van der Waals surface area contributed by atoms with Gasteiger partial charge in [-0.15, -0.1) is 0 Å². The Morgan fingerprint density at radius 1 is 0.968 bits per heavy atom. The molecule has 0 fully saturated rings. The summed E-state index contributed by atoms with van der Waals surface area (Å²) in [6, 6.07) is 20.6. The van der Waals surface area contributed by atoms with Gasteiger partial charge in [-0.2, -0.15) is 5.10 Å². The molecule has 0 radical (unpaired) electrons. The Bertz CT molecular complexity index is 1280. The fourth-order valence-electron chi connectivity index (χ4n) is 3.92. The fourth-order valence-corrected chi connectivity index (χ4v) is 3.92. The second-order valence-electron chi connectivity index (χ2n) is 7.13. The van der Waals surface area contributed by atoms with E-state index in [1.54, 1.807) is 29.2 Å². The van der Waals surface area contributed by atoms with Crippen molar-refractivity contribution in [2.45, 2.75) is 6.04 Å². The summed E-state index contributed by atoms with van der Waals surface area (Å²) < 4.78 is 13.4. The van der Waals surface area contributed by atoms with Gasteiger partial charge in [0.1, 0.15) is 11.5 Å². The molecule has 0 aliphatic carbocycles. The summed E-state index contributed by atoms with van der Waals surface area (Å²) in [5.41, 5.74) is 3.53. The number of nitro benzene ring substituents is 1. The second-order valence-corrected chi connectivity index (χ2v) is 7.13. The first-order valence-corrected chi connectivity index (χ1v) is 9.52. The third-order valence-corrected chi connectivity index (χ3v) is 5.34. The van der Waals surface area contributed by atoms with Gasteiger partial charge in [0.15, 0.2) is 0 Å². The molecule has 5 rings (SSSR count). The van der Waals surface area contributed by atoms with Crippen molar-refractivity contribution in [3.63, 3.8) is 0 Å². The molecule has 1 unspecified atom stereocenters. The maximum absolute atomic E-state index is 13.4. The van der Waals surface area contributed by atoms with Crippen LogP contribution in [0.25, 0.3) is 11.3 Å². The summed E-state index contributed by atoms with van der Waals surface area (Å²) in [6.07, 6.45) is 0. The molecule has 0 spiro atoms. The van der Waals surface area contributed by atoms with Crippen molar-refractivity contribution in [1.29, 1.82) is 0 Å². The lowest BCUT2D eigenvalue weighted by atomic mass is 9.95. The van der Waals surface area contributed by atoms with Crippen molar-refractivity contribution in [3.05, 3.63) is 112 Å². The van der Waals surface area contributed by atoms with E-state index in [1.165, 1.54) is 24.3 Å². The molecular formula is C23H15FN4O3. The summed E-state index contributed by atoms with van der Waals surface area (Å²) in [4.78, 5) is 25.6. The molecule has 1 atom stereocenters. The van der Waals surface area contributed by atoms with Crippen LogP contribution in [0.3, 0.4) is 0 Å². The van der Waals surface area contributed by atoms with E-state index in [1.807, 2.05) is 30.3 Å². The minimum absolute atomic E-state index is 0.0366. The lowest BCUT2D eigenvalue weighted by Crippen LogP contribution is -2.29. The molecule has 3 aromatic carbocycles. The number of non-ortho nitro benzene ring substituents is 1. The highest BCUT2D eigenvalue weighted by Crippen LogP contribution is 2.45. The van der Waals surface area contributed by atoms with Gasteiger partial charge in [-0.3, -0.25) is 24.9 Å². The molecule has 8 heteroatoms. The number of carbonyl (C=O) groups excluding carboxylic acids is 1. The summed E-state index contributed by atoms with van der Waals surface area (Å²) in [5.74, 6) is -0.629. The van der Waals surface area contributed by atoms with Crippen LogP contribution in [0.1, 0.15) is 27.7 Å². The number of carbonyl (C=O) groups is 1. The third-order valence-electron chi connectivity index (χ3n) is 5.34. The molecule has 31 heavy (non-hydrogen) atoms. The number of anilines is 1. The Labute approximate surface area is 175 Å². The van der Waals surface area contributed by atoms with Crippen LogP contribution in [-0.2, 0) is 0 Å². The van der Waals surface area contributed by atoms with Crippen LogP contribution in [0, 0.1) is 15.9 Å². The molecule has 0 saturated heterocycles. The molecule has 152 valence electrons. The van der Waals surface area contributed by atoms with Gasteiger partial charge in [0.05, 0.1) is 16.7 Å². The van der Waals surface area contributed by atoms with Crippen LogP contribution in [0.5, 0.6) is 0 Å². The number of aromatic nitrogens is 2. The topological polar surface area (TPSA) is 92.1 Å². The molecule has 2 heterocycles. The minimum atomic E-state index is -0.551. The van der Waals surface area contributed by atoms with Crippen molar-refractivity contribution in [1.82, 2.24) is 10.2 Å². The van der Waals surface area contributed by atoms with Crippen LogP contribution in [0.15, 0.2) is 78.9 Å². The number of nitro groups is 1. The molecule has 0 bridgehead atoms. The van der Waals surface area contributed by atoms with Crippen molar-refractivity contribution in [2.75, 3.05) is 4.90 Å². The maximum atomic E-state index is 13.4. The van der Waals surface area contributed by atoms with Gasteiger partial charge in [0.25, 0.3) is 11.6 Å². The van der Waals surface area contributed by atoms with Gasteiger partial charge in [-0.25, -0.2) is 4.39 Å². The molecular weight excluding hydrogens is 399 g/mol. The van der Waals surface area contributed by atoms with Crippen molar-refractivity contribution in [3.8, 4) is 11.3 Å². The monoisotopic (exact) mass is 414 g/mol. The van der Waals surface area contributed by atoms with E-state index < -0.39 is 11.0 Å². The number of hydrogen-bond donors (Lipinski definition) is 1. The Morgan fingerprint density at radius 2 is 1.65 bits per heavy atom. The summed E-state index contributed by atoms with van der Waals surface area (Å²) >= 11 is 0. The lowest BCUT2D eigenvalue weighted by Gasteiger charge is -2.26. The highest BCUT2D eigenvalue weighted by atomic mass is 19.1. The highest BCUT2D eigenvalue weighted by Gasteiger charge is 2.43. The maximum Gasteiger partial charge on any atom is 0.277 e. The van der Waals surface area contributed by atoms with E-state index in [0.29, 0.717) is 33.8 Å². The Kier molecular flexibility index (Phi) is 4.32. The molecule has 4 aromatic rings. The normalized spacial score (nSPS) is 15.2. The van der Waals surface area contributed by atoms with Crippen LogP contribution in [-0.4, -0.2) is 21.0 Å². The quantitative estimate of drug-likeness (QED) is 0.381. The number of H-pyrrole nitrogens is 1. The first-order valence-electron chi connectivity index (χ1n) is 9.52. The van der Waals surface area contributed by atoms with Gasteiger partial charge < -0.3 is 0 Å². The summed E-state index contributed by atoms with van der Waals surface area (Å²) in [5, 5.41) is 18.3. The Hall–Kier alpha value is -4.33. The van der Waals surface area contributed by atoms with E-state index in [-0.39, 0.29) is 17.4 Å². The average molecular weight is 414 g/mol. The van der Waals surface area contributed by atoms with Crippen LogP contribution >= 0.6 is 0 Å². The van der Waals surface area contributed by atoms with E-state index in [0.717, 1.165) is 0 Å². The lowest BCUT2D eigenvalue weighted by molar-refractivity contribution is -0.384. The van der Waals surface area contributed by atoms with Gasteiger partial charge in [-0.05, 0) is 54.1 Å². The standard InChI is InChI=1S/C23H15FN4O3/c24-16-10-6-14(7-11-16)20-19-21(26-25-20)23(29)27(17-4-2-1-3-5-17)22(19)15-8-12-18(13-9-15)28(30)31/h1-13,22H,(H,25,26). The number of para-hydroxylation sites is 1. The zero-order chi connectivity index (χ0) is 21.5. The molecule has 1 N–H and O–H groups in total. The van der Waals surface area contributed by atoms with E-state index in [2.05, 4.69) is 10.2 Å². The smallest absolute Gasteiger partial charge is 0.277 e. The van der Waals surface area contributed by atoms with Gasteiger partial charge in [0, 0.05) is 28.9 Å². The second kappa shape index (κ2) is 7.17. The zero-order valence-corrected chi connectivity index (χ0v) is 16.0. The molecule has 0 saturated carbocycles. The predicted octanol–water partition coefficient (Wildman–Crippen LogP) is 4.87. The van der Waals surface area contributed by atoms with Gasteiger partial charge >= 0.3 is 0 Å². The van der Waals surface area contributed by atoms with Crippen LogP contribution in [0.2, 0.25) is 0 Å². The first-order chi connectivity index (χ1) is 15.0. The number of benzene rings is 3. The van der Waals surface area contributed by atoms with Gasteiger partial charge in [-0.1, -0.05) is 18.2 Å². The molecule has 1 aliphatic rings. The highest BCUT2D eigenvalue weighted by molar-refractivity contribution is 6.11. The Morgan fingerprint density at radius 3 is 2.29 bits per heavy atom. The molecule has 7 nitrogen and oxygen atoms in total. The van der Waals surface area contributed by atoms with Crippen molar-refractivity contribution < 1.29 is 14.1 Å². The minimum Gasteiger partial charge on any atom is -0.295 e. The molecule has 1 aromatic heterocycles. The number of rotatable bonds is 4. The summed E-state index contributed by atoms with van der Waals surface area (Å²) in [7, 11) is 0. The van der Waals surface area contributed by atoms with Crippen molar-refractivity contribution >= 4 is 17.3 Å². The number of hydrogen-bond acceptors (Lipinski definition) is 4. The third kappa shape index (κ3) is 3.05. The largest absolute Gasteiger partial charge is 0.295 e. The Balaban J connectivity index is 1.70. The number of fused-ring (bicyclic) bond motifs is 1. The average Bonchev–Trinajstić information content (AvgIpc) is 3.34. The number of aromatic amines is 1. The number of nitrogens with one attached hydrogen (secondary N) is 1. The first kappa shape index (κ1) is 18.7. The van der Waals surface area contributed by atoms with E-state index in [9.17, 15) is 19.3 Å². The number of nitrogens with zero attached hydrogens (tertiary/aromatic N) is 3. The van der Waals surface area contributed by atoms with Gasteiger partial charge in [0.2, 0.25) is 0 Å². The molecule has 1 amide bonds. The zero-order valence-electron chi connectivity index (χ0n) is 16.0. The van der Waals surface area contributed by atoms with Crippen LogP contribution in [0.4, 0.5) is 15.8 Å². The number of halogens is 1. The molecule has 1 aliphatic heterocycles. The van der Waals surface area contributed by atoms with Crippen molar-refractivity contribution in [2.24, 2.45) is 0 Å².